The number of aryl methyl sites for hydroxylation is 2. The van der Waals surface area contributed by atoms with Crippen LogP contribution in [0.15, 0.2) is 36.8 Å². The molecule has 0 atom stereocenters. The maximum atomic E-state index is 4.45. The first-order valence-corrected chi connectivity index (χ1v) is 6.72. The Labute approximate surface area is 117 Å². The lowest BCUT2D eigenvalue weighted by atomic mass is 10.2. The van der Waals surface area contributed by atoms with E-state index in [1.807, 2.05) is 29.9 Å². The molecular formula is C15H17N5. The molecule has 0 aliphatic rings. The third-order valence-electron chi connectivity index (χ3n) is 3.28. The van der Waals surface area contributed by atoms with E-state index in [0.29, 0.717) is 0 Å². The van der Waals surface area contributed by atoms with Gasteiger partial charge in [-0.1, -0.05) is 6.92 Å². The van der Waals surface area contributed by atoms with E-state index in [1.54, 1.807) is 12.4 Å². The van der Waals surface area contributed by atoms with E-state index in [-0.39, 0.29) is 0 Å². The molecule has 20 heavy (non-hydrogen) atoms. The van der Waals surface area contributed by atoms with E-state index in [9.17, 15) is 0 Å². The fourth-order valence-electron chi connectivity index (χ4n) is 2.30. The zero-order chi connectivity index (χ0) is 13.9. The number of nitrogens with one attached hydrogen (secondary N) is 1. The first-order chi connectivity index (χ1) is 9.76. The third kappa shape index (κ3) is 2.47. The third-order valence-corrected chi connectivity index (χ3v) is 3.28. The van der Waals surface area contributed by atoms with Crippen LogP contribution in [0.1, 0.15) is 18.2 Å². The molecule has 1 aromatic carbocycles. The molecule has 102 valence electrons. The molecule has 0 radical (unpaired) electrons. The van der Waals surface area contributed by atoms with Gasteiger partial charge in [-0.2, -0.15) is 5.10 Å². The maximum Gasteiger partial charge on any atom is 0.0907 e. The number of anilines is 1. The monoisotopic (exact) mass is 267 g/mol. The van der Waals surface area contributed by atoms with E-state index >= 15 is 0 Å². The fourth-order valence-corrected chi connectivity index (χ4v) is 2.30. The quantitative estimate of drug-likeness (QED) is 0.789. The second-order valence-electron chi connectivity index (χ2n) is 4.74. The summed E-state index contributed by atoms with van der Waals surface area (Å²) in [7, 11) is 1.95. The molecule has 2 aromatic heterocycles. The molecule has 0 amide bonds. The molecule has 0 fully saturated rings. The van der Waals surface area contributed by atoms with Crippen molar-refractivity contribution in [3.8, 4) is 0 Å². The van der Waals surface area contributed by atoms with Gasteiger partial charge in [-0.3, -0.25) is 14.6 Å². The van der Waals surface area contributed by atoms with Crippen molar-refractivity contribution in [2.45, 2.75) is 19.9 Å². The second-order valence-corrected chi connectivity index (χ2v) is 4.74. The molecule has 2 heterocycles. The summed E-state index contributed by atoms with van der Waals surface area (Å²) < 4.78 is 1.86. The molecule has 0 aliphatic heterocycles. The van der Waals surface area contributed by atoms with E-state index in [4.69, 9.17) is 0 Å². The van der Waals surface area contributed by atoms with Crippen LogP contribution in [0.3, 0.4) is 0 Å². The molecule has 3 aromatic rings. The van der Waals surface area contributed by atoms with Crippen LogP contribution in [0.4, 0.5) is 5.69 Å². The molecule has 0 spiro atoms. The zero-order valence-electron chi connectivity index (χ0n) is 11.7. The summed E-state index contributed by atoms with van der Waals surface area (Å²) >= 11 is 0. The normalized spacial score (nSPS) is 10.9. The summed E-state index contributed by atoms with van der Waals surface area (Å²) in [4.78, 5) is 8.58. The standard InChI is InChI=1S/C15H17N5/c1-3-13-11(10-20(2)19-13)9-18-12-4-5-14-15(8-12)17-7-6-16-14/h4-8,10,18H,3,9H2,1-2H3. The Morgan fingerprint density at radius 2 is 1.95 bits per heavy atom. The SMILES string of the molecule is CCc1nn(C)cc1CNc1ccc2nccnc2c1. The smallest absolute Gasteiger partial charge is 0.0907 e. The average Bonchev–Trinajstić information content (AvgIpc) is 2.85. The predicted octanol–water partition coefficient (Wildman–Crippen LogP) is 2.54. The van der Waals surface area contributed by atoms with Crippen LogP contribution in [0.2, 0.25) is 0 Å². The van der Waals surface area contributed by atoms with Crippen LogP contribution in [-0.2, 0) is 20.0 Å². The van der Waals surface area contributed by atoms with Crippen molar-refractivity contribution in [1.29, 1.82) is 0 Å². The van der Waals surface area contributed by atoms with Crippen molar-refractivity contribution >= 4 is 16.7 Å². The summed E-state index contributed by atoms with van der Waals surface area (Å²) in [5.41, 5.74) is 5.23. The summed E-state index contributed by atoms with van der Waals surface area (Å²) in [6.07, 6.45) is 6.43. The summed E-state index contributed by atoms with van der Waals surface area (Å²) in [6.45, 7) is 2.89. The zero-order valence-corrected chi connectivity index (χ0v) is 11.7. The number of hydrogen-bond donors (Lipinski definition) is 1. The molecule has 0 aliphatic carbocycles. The summed E-state index contributed by atoms with van der Waals surface area (Å²) in [5, 5.41) is 7.87. The highest BCUT2D eigenvalue weighted by Gasteiger charge is 2.05. The maximum absolute atomic E-state index is 4.45. The van der Waals surface area contributed by atoms with Gasteiger partial charge in [0.25, 0.3) is 0 Å². The largest absolute Gasteiger partial charge is 0.381 e. The summed E-state index contributed by atoms with van der Waals surface area (Å²) in [5.74, 6) is 0. The Bertz CT molecular complexity index is 732. The van der Waals surface area contributed by atoms with E-state index in [0.717, 1.165) is 35.4 Å². The lowest BCUT2D eigenvalue weighted by molar-refractivity contribution is 0.746. The van der Waals surface area contributed by atoms with E-state index < -0.39 is 0 Å². The van der Waals surface area contributed by atoms with Gasteiger partial charge < -0.3 is 5.32 Å². The van der Waals surface area contributed by atoms with Crippen molar-refractivity contribution in [3.63, 3.8) is 0 Å². The summed E-state index contributed by atoms with van der Waals surface area (Å²) in [6, 6.07) is 6.03. The minimum Gasteiger partial charge on any atom is -0.381 e. The van der Waals surface area contributed by atoms with Crippen LogP contribution < -0.4 is 5.32 Å². The predicted molar refractivity (Wildman–Crippen MR) is 79.5 cm³/mol. The van der Waals surface area contributed by atoms with Gasteiger partial charge in [0.05, 0.1) is 16.7 Å². The Morgan fingerprint density at radius 3 is 2.75 bits per heavy atom. The first-order valence-electron chi connectivity index (χ1n) is 6.72. The van der Waals surface area contributed by atoms with Crippen molar-refractivity contribution < 1.29 is 0 Å². The van der Waals surface area contributed by atoms with Gasteiger partial charge in [0.15, 0.2) is 0 Å². The Kier molecular flexibility index (Phi) is 3.33. The highest BCUT2D eigenvalue weighted by atomic mass is 15.3. The van der Waals surface area contributed by atoms with Gasteiger partial charge >= 0.3 is 0 Å². The molecule has 0 saturated carbocycles. The Hall–Kier alpha value is -2.43. The van der Waals surface area contributed by atoms with Crippen molar-refractivity contribution in [3.05, 3.63) is 48.0 Å². The number of fused-ring (bicyclic) bond motifs is 1. The van der Waals surface area contributed by atoms with Crippen LogP contribution >= 0.6 is 0 Å². The molecule has 5 heteroatoms. The van der Waals surface area contributed by atoms with Crippen LogP contribution in [0.5, 0.6) is 0 Å². The highest BCUT2D eigenvalue weighted by molar-refractivity contribution is 5.78. The number of benzene rings is 1. The lowest BCUT2D eigenvalue weighted by Crippen LogP contribution is -2.01. The van der Waals surface area contributed by atoms with Gasteiger partial charge in [0.2, 0.25) is 0 Å². The minimum atomic E-state index is 0.767. The molecule has 0 bridgehead atoms. The average molecular weight is 267 g/mol. The van der Waals surface area contributed by atoms with Crippen LogP contribution in [0.25, 0.3) is 11.0 Å². The van der Waals surface area contributed by atoms with Gasteiger partial charge in [0.1, 0.15) is 0 Å². The van der Waals surface area contributed by atoms with Crippen molar-refractivity contribution in [1.82, 2.24) is 19.7 Å². The number of nitrogens with zero attached hydrogens (tertiary/aromatic N) is 4. The fraction of sp³-hybridized carbons (Fsp3) is 0.267. The minimum absolute atomic E-state index is 0.767. The van der Waals surface area contributed by atoms with Gasteiger partial charge in [-0.05, 0) is 24.6 Å². The topological polar surface area (TPSA) is 55.6 Å². The van der Waals surface area contributed by atoms with Gasteiger partial charge in [0, 0.05) is 43.4 Å². The van der Waals surface area contributed by atoms with Gasteiger partial charge in [-0.25, -0.2) is 0 Å². The Balaban J connectivity index is 1.79. The van der Waals surface area contributed by atoms with Crippen molar-refractivity contribution in [2.24, 2.45) is 7.05 Å². The molecule has 1 N–H and O–H groups in total. The van der Waals surface area contributed by atoms with Crippen LogP contribution in [0, 0.1) is 0 Å². The second kappa shape index (κ2) is 5.28. The van der Waals surface area contributed by atoms with Crippen LogP contribution in [-0.4, -0.2) is 19.7 Å². The van der Waals surface area contributed by atoms with Gasteiger partial charge in [-0.15, -0.1) is 0 Å². The Morgan fingerprint density at radius 1 is 1.15 bits per heavy atom. The number of hydrogen-bond acceptors (Lipinski definition) is 4. The molecular weight excluding hydrogens is 250 g/mol. The molecule has 5 nitrogen and oxygen atoms in total. The highest BCUT2D eigenvalue weighted by Crippen LogP contribution is 2.16. The molecule has 0 saturated heterocycles. The number of aromatic nitrogens is 4. The van der Waals surface area contributed by atoms with Crippen molar-refractivity contribution in [2.75, 3.05) is 5.32 Å². The van der Waals surface area contributed by atoms with E-state index in [1.165, 1.54) is 5.56 Å². The van der Waals surface area contributed by atoms with E-state index in [2.05, 4.69) is 33.5 Å². The molecule has 0 unspecified atom stereocenters. The lowest BCUT2D eigenvalue weighted by Gasteiger charge is -2.06. The first kappa shape index (κ1) is 12.6. The molecule has 3 rings (SSSR count). The number of rotatable bonds is 4.